The third kappa shape index (κ3) is 5.09. The van der Waals surface area contributed by atoms with E-state index in [-0.39, 0.29) is 13.0 Å². The zero-order valence-corrected chi connectivity index (χ0v) is 15.7. The second kappa shape index (κ2) is 8.38. The highest BCUT2D eigenvalue weighted by molar-refractivity contribution is 5.91. The van der Waals surface area contributed by atoms with Gasteiger partial charge in [-0.3, -0.25) is 0 Å². The van der Waals surface area contributed by atoms with E-state index < -0.39 is 23.9 Å². The zero-order chi connectivity index (χ0) is 19.3. The van der Waals surface area contributed by atoms with Crippen LogP contribution in [0.25, 0.3) is 10.8 Å². The number of hydrogen-bond donors (Lipinski definition) is 3. The first kappa shape index (κ1) is 20.0. The van der Waals surface area contributed by atoms with Crippen LogP contribution in [0.5, 0.6) is 5.75 Å². The van der Waals surface area contributed by atoms with Gasteiger partial charge in [0.1, 0.15) is 17.5 Å². The van der Waals surface area contributed by atoms with Crippen molar-refractivity contribution in [3.63, 3.8) is 0 Å². The monoisotopic (exact) mass is 361 g/mol. The van der Waals surface area contributed by atoms with Crippen LogP contribution in [0.1, 0.15) is 38.9 Å². The lowest BCUT2D eigenvalue weighted by molar-refractivity contribution is 0.0131. The van der Waals surface area contributed by atoms with Crippen LogP contribution in [0.15, 0.2) is 36.4 Å². The van der Waals surface area contributed by atoms with Crippen molar-refractivity contribution >= 4 is 16.9 Å². The highest BCUT2D eigenvalue weighted by Crippen LogP contribution is 2.33. The van der Waals surface area contributed by atoms with E-state index in [4.69, 9.17) is 9.47 Å². The number of aliphatic hydroxyl groups is 2. The Labute approximate surface area is 153 Å². The molecular formula is C20H27NO5. The minimum absolute atomic E-state index is 0.195. The Hall–Kier alpha value is -2.31. The molecule has 0 radical (unpaired) electrons. The summed E-state index contributed by atoms with van der Waals surface area (Å²) < 4.78 is 10.5. The molecule has 0 spiro atoms. The maximum atomic E-state index is 11.6. The molecule has 0 heterocycles. The highest BCUT2D eigenvalue weighted by atomic mass is 16.6. The van der Waals surface area contributed by atoms with E-state index in [2.05, 4.69) is 5.32 Å². The Balaban J connectivity index is 2.04. The van der Waals surface area contributed by atoms with Crippen LogP contribution in [-0.2, 0) is 4.74 Å². The molecule has 0 aromatic heterocycles. The van der Waals surface area contributed by atoms with E-state index in [1.54, 1.807) is 40.0 Å². The summed E-state index contributed by atoms with van der Waals surface area (Å²) in [7, 11) is 1.59. The normalized spacial score (nSPS) is 13.9. The number of carbonyl (C=O) groups excluding carboxylic acids is 1. The fraction of sp³-hybridized carbons (Fsp3) is 0.450. The molecule has 26 heavy (non-hydrogen) atoms. The van der Waals surface area contributed by atoms with Gasteiger partial charge in [-0.15, -0.1) is 0 Å². The minimum Gasteiger partial charge on any atom is -0.496 e. The van der Waals surface area contributed by atoms with E-state index in [1.807, 2.05) is 24.3 Å². The molecule has 0 saturated carbocycles. The van der Waals surface area contributed by atoms with E-state index in [1.165, 1.54) is 0 Å². The number of fused-ring (bicyclic) bond motifs is 1. The number of carbonyl (C=O) groups is 1. The molecule has 1 amide bonds. The van der Waals surface area contributed by atoms with Crippen LogP contribution in [0.2, 0.25) is 0 Å². The topological polar surface area (TPSA) is 88.0 Å². The molecule has 2 rings (SSSR count). The van der Waals surface area contributed by atoms with Crippen LogP contribution in [0.3, 0.4) is 0 Å². The molecule has 2 atom stereocenters. The quantitative estimate of drug-likeness (QED) is 0.736. The molecule has 6 nitrogen and oxygen atoms in total. The predicted octanol–water partition coefficient (Wildman–Crippen LogP) is 3.16. The van der Waals surface area contributed by atoms with Gasteiger partial charge < -0.3 is 25.0 Å². The molecule has 0 aliphatic heterocycles. The van der Waals surface area contributed by atoms with Crippen molar-refractivity contribution in [2.24, 2.45) is 0 Å². The van der Waals surface area contributed by atoms with Gasteiger partial charge in [0, 0.05) is 11.9 Å². The van der Waals surface area contributed by atoms with E-state index >= 15 is 0 Å². The summed E-state index contributed by atoms with van der Waals surface area (Å²) in [6.45, 7) is 5.53. The fourth-order valence-corrected chi connectivity index (χ4v) is 2.73. The predicted molar refractivity (Wildman–Crippen MR) is 100 cm³/mol. The molecule has 0 saturated heterocycles. The standard InChI is InChI=1S/C20H27NO5/c1-20(2,3)26-19(24)21-12-11-16(22)18(23)15-9-10-17(25-4)14-8-6-5-7-13(14)15/h5-10,16,18,22-23H,11-12H2,1-4H3,(H,21,24). The SMILES string of the molecule is COc1ccc(C(O)C(O)CCNC(=O)OC(C)(C)C)c2ccccc12. The fourth-order valence-electron chi connectivity index (χ4n) is 2.73. The molecule has 0 aliphatic rings. The van der Waals surface area contributed by atoms with Crippen LogP contribution < -0.4 is 10.1 Å². The van der Waals surface area contributed by atoms with Gasteiger partial charge in [-0.1, -0.05) is 30.3 Å². The van der Waals surface area contributed by atoms with Gasteiger partial charge in [0.15, 0.2) is 0 Å². The van der Waals surface area contributed by atoms with Crippen LogP contribution in [0.4, 0.5) is 4.79 Å². The van der Waals surface area contributed by atoms with E-state index in [0.717, 1.165) is 10.8 Å². The number of methoxy groups -OCH3 is 1. The van der Waals surface area contributed by atoms with Gasteiger partial charge in [0.2, 0.25) is 0 Å². The lowest BCUT2D eigenvalue weighted by atomic mass is 9.95. The largest absolute Gasteiger partial charge is 0.496 e. The summed E-state index contributed by atoms with van der Waals surface area (Å²) in [6.07, 6.45) is -2.46. The number of aliphatic hydroxyl groups excluding tert-OH is 2. The summed E-state index contributed by atoms with van der Waals surface area (Å²) >= 11 is 0. The first-order valence-corrected chi connectivity index (χ1v) is 8.61. The Morgan fingerprint density at radius 2 is 1.77 bits per heavy atom. The van der Waals surface area contributed by atoms with Crippen LogP contribution >= 0.6 is 0 Å². The van der Waals surface area contributed by atoms with Gasteiger partial charge >= 0.3 is 6.09 Å². The van der Waals surface area contributed by atoms with E-state index in [0.29, 0.717) is 11.3 Å². The van der Waals surface area contributed by atoms with Crippen molar-refractivity contribution in [1.29, 1.82) is 0 Å². The van der Waals surface area contributed by atoms with Gasteiger partial charge in [-0.05, 0) is 44.2 Å². The molecule has 2 aromatic rings. The Bertz CT molecular complexity index is 753. The Morgan fingerprint density at radius 3 is 2.38 bits per heavy atom. The summed E-state index contributed by atoms with van der Waals surface area (Å²) in [5.41, 5.74) is 0.0377. The van der Waals surface area contributed by atoms with Crippen molar-refractivity contribution in [2.75, 3.05) is 13.7 Å². The van der Waals surface area contributed by atoms with Crippen LogP contribution in [-0.4, -0.2) is 41.7 Å². The molecule has 2 aromatic carbocycles. The first-order chi connectivity index (χ1) is 12.2. The Kier molecular flexibility index (Phi) is 6.45. The number of ether oxygens (including phenoxy) is 2. The molecule has 0 aliphatic carbocycles. The van der Waals surface area contributed by atoms with Crippen molar-refractivity contribution in [2.45, 2.75) is 45.0 Å². The minimum atomic E-state index is -1.08. The average Bonchev–Trinajstić information content (AvgIpc) is 2.58. The molecule has 142 valence electrons. The summed E-state index contributed by atoms with van der Waals surface area (Å²) in [4.78, 5) is 11.6. The number of alkyl carbamates (subject to hydrolysis) is 1. The molecular weight excluding hydrogens is 334 g/mol. The average molecular weight is 361 g/mol. The lowest BCUT2D eigenvalue weighted by Crippen LogP contribution is -2.34. The van der Waals surface area contributed by atoms with Crippen molar-refractivity contribution in [1.82, 2.24) is 5.32 Å². The van der Waals surface area contributed by atoms with E-state index in [9.17, 15) is 15.0 Å². The van der Waals surface area contributed by atoms with Crippen molar-refractivity contribution in [3.8, 4) is 5.75 Å². The number of hydrogen-bond acceptors (Lipinski definition) is 5. The maximum absolute atomic E-state index is 11.6. The number of benzene rings is 2. The lowest BCUT2D eigenvalue weighted by Gasteiger charge is -2.22. The van der Waals surface area contributed by atoms with Crippen molar-refractivity contribution < 1.29 is 24.5 Å². The molecule has 0 bridgehead atoms. The molecule has 2 unspecified atom stereocenters. The molecule has 6 heteroatoms. The second-order valence-corrected chi connectivity index (χ2v) is 7.13. The van der Waals surface area contributed by atoms with Gasteiger partial charge in [0.05, 0.1) is 13.2 Å². The third-order valence-electron chi connectivity index (χ3n) is 3.93. The first-order valence-electron chi connectivity index (χ1n) is 8.61. The Morgan fingerprint density at radius 1 is 1.12 bits per heavy atom. The molecule has 3 N–H and O–H groups in total. The molecule has 0 fully saturated rings. The van der Waals surface area contributed by atoms with Gasteiger partial charge in [0.25, 0.3) is 0 Å². The summed E-state index contributed by atoms with van der Waals surface area (Å²) in [5.74, 6) is 0.706. The number of nitrogens with one attached hydrogen (secondary N) is 1. The third-order valence-corrected chi connectivity index (χ3v) is 3.93. The number of rotatable bonds is 6. The highest BCUT2D eigenvalue weighted by Gasteiger charge is 2.22. The van der Waals surface area contributed by atoms with Gasteiger partial charge in [-0.2, -0.15) is 0 Å². The second-order valence-electron chi connectivity index (χ2n) is 7.13. The smallest absolute Gasteiger partial charge is 0.407 e. The number of amides is 1. The maximum Gasteiger partial charge on any atom is 0.407 e. The zero-order valence-electron chi connectivity index (χ0n) is 15.7. The van der Waals surface area contributed by atoms with Gasteiger partial charge in [-0.25, -0.2) is 4.79 Å². The van der Waals surface area contributed by atoms with Crippen LogP contribution in [0, 0.1) is 0 Å². The van der Waals surface area contributed by atoms with Crippen molar-refractivity contribution in [3.05, 3.63) is 42.0 Å². The summed E-state index contributed by atoms with van der Waals surface area (Å²) in [5, 5.41) is 25.2. The summed E-state index contributed by atoms with van der Waals surface area (Å²) in [6, 6.07) is 11.1.